The summed E-state index contributed by atoms with van der Waals surface area (Å²) in [5.74, 6) is -1.87. The number of rotatable bonds is 5. The van der Waals surface area contributed by atoms with Crippen molar-refractivity contribution in [2.45, 2.75) is 19.0 Å². The Morgan fingerprint density at radius 2 is 2.12 bits per heavy atom. The van der Waals surface area contributed by atoms with Crippen LogP contribution in [-0.4, -0.2) is 36.2 Å². The lowest BCUT2D eigenvalue weighted by Crippen LogP contribution is -2.14. The lowest BCUT2D eigenvalue weighted by atomic mass is 10.3. The Kier molecular flexibility index (Phi) is 4.41. The van der Waals surface area contributed by atoms with Gasteiger partial charge in [0, 0.05) is 19.0 Å². The summed E-state index contributed by atoms with van der Waals surface area (Å²) in [7, 11) is 0. The zero-order valence-electron chi connectivity index (χ0n) is 12.4. The molecule has 0 aromatic carbocycles. The highest BCUT2D eigenvalue weighted by molar-refractivity contribution is 5.88. The predicted molar refractivity (Wildman–Crippen MR) is 75.9 cm³/mol. The number of pyridine rings is 1. The molecule has 0 atom stereocenters. The fourth-order valence-corrected chi connectivity index (χ4v) is 1.81. The third-order valence-corrected chi connectivity index (χ3v) is 2.93. The first-order chi connectivity index (χ1) is 11.9. The van der Waals surface area contributed by atoms with E-state index in [0.29, 0.717) is 5.69 Å². The van der Waals surface area contributed by atoms with Gasteiger partial charge >= 0.3 is 6.18 Å². The Balaban J connectivity index is 1.54. The Morgan fingerprint density at radius 3 is 2.80 bits per heavy atom. The van der Waals surface area contributed by atoms with Crippen LogP contribution in [-0.2, 0) is 17.4 Å². The van der Waals surface area contributed by atoms with Crippen molar-refractivity contribution in [3.05, 3.63) is 36.1 Å². The van der Waals surface area contributed by atoms with Gasteiger partial charge in [-0.05, 0) is 12.1 Å². The number of carbonyl (C=O) groups excluding carboxylic acids is 1. The van der Waals surface area contributed by atoms with Gasteiger partial charge in [0.15, 0.2) is 0 Å². The van der Waals surface area contributed by atoms with Crippen LogP contribution in [0.25, 0.3) is 11.5 Å². The van der Waals surface area contributed by atoms with E-state index in [1.54, 1.807) is 29.5 Å². The molecule has 3 rings (SSSR count). The topological polar surface area (TPSA) is 122 Å². The molecule has 0 unspecified atom stereocenters. The molecule has 0 radical (unpaired) electrons. The number of halogens is 3. The molecule has 3 aromatic rings. The highest BCUT2D eigenvalue weighted by Crippen LogP contribution is 2.26. The fraction of sp³-hybridized carbons (Fsp3) is 0.231. The number of hydrogen-bond acceptors (Lipinski definition) is 7. The quantitative estimate of drug-likeness (QED) is 0.717. The summed E-state index contributed by atoms with van der Waals surface area (Å²) < 4.78 is 42.1. The smallest absolute Gasteiger partial charge is 0.339 e. The minimum atomic E-state index is -4.67. The molecule has 0 aliphatic heterocycles. The van der Waals surface area contributed by atoms with Crippen molar-refractivity contribution in [1.82, 2.24) is 30.3 Å². The van der Waals surface area contributed by atoms with E-state index >= 15 is 0 Å². The van der Waals surface area contributed by atoms with Gasteiger partial charge in [0.05, 0.1) is 0 Å². The summed E-state index contributed by atoms with van der Waals surface area (Å²) in [5, 5.41) is 10.9. The van der Waals surface area contributed by atoms with Gasteiger partial charge in [0.1, 0.15) is 5.69 Å². The second-order valence-corrected chi connectivity index (χ2v) is 4.78. The van der Waals surface area contributed by atoms with Crippen molar-refractivity contribution < 1.29 is 22.5 Å². The van der Waals surface area contributed by atoms with Gasteiger partial charge in [-0.2, -0.15) is 23.1 Å². The number of alkyl halides is 3. The van der Waals surface area contributed by atoms with Crippen molar-refractivity contribution >= 4 is 11.9 Å². The summed E-state index contributed by atoms with van der Waals surface area (Å²) in [6.07, 6.45) is -3.09. The maximum absolute atomic E-state index is 12.4. The average Bonchev–Trinajstić information content (AvgIpc) is 3.23. The number of anilines is 1. The lowest BCUT2D eigenvalue weighted by Gasteiger charge is -1.99. The van der Waals surface area contributed by atoms with Gasteiger partial charge in [0.25, 0.3) is 0 Å². The Bertz CT molecular complexity index is 860. The standard InChI is InChI=1S/C13H10F3N7O2/c14-13(15,16)11-20-12(22-21-11)18-8(24)4-5-9-19-10(23-25-9)7-3-1-2-6-17-7/h1-3,6H,4-5H2,(H2,18,20,21,22,24). The number of nitrogens with one attached hydrogen (secondary N) is 2. The first kappa shape index (κ1) is 16.5. The van der Waals surface area contributed by atoms with Crippen LogP contribution in [0.4, 0.5) is 19.1 Å². The summed E-state index contributed by atoms with van der Waals surface area (Å²) in [6.45, 7) is 0. The van der Waals surface area contributed by atoms with Crippen LogP contribution in [0.15, 0.2) is 28.9 Å². The number of aryl methyl sites for hydroxylation is 1. The predicted octanol–water partition coefficient (Wildman–Crippen LogP) is 1.84. The van der Waals surface area contributed by atoms with Gasteiger partial charge < -0.3 is 4.52 Å². The second kappa shape index (κ2) is 6.67. The van der Waals surface area contributed by atoms with E-state index in [1.807, 2.05) is 0 Å². The molecule has 12 heteroatoms. The van der Waals surface area contributed by atoms with E-state index in [0.717, 1.165) is 0 Å². The number of carbonyl (C=O) groups is 1. The molecule has 0 saturated heterocycles. The zero-order chi connectivity index (χ0) is 17.9. The van der Waals surface area contributed by atoms with Crippen LogP contribution >= 0.6 is 0 Å². The first-order valence-corrected chi connectivity index (χ1v) is 6.95. The molecule has 9 nitrogen and oxygen atoms in total. The van der Waals surface area contributed by atoms with E-state index in [4.69, 9.17) is 4.52 Å². The summed E-state index contributed by atoms with van der Waals surface area (Å²) >= 11 is 0. The Labute approximate surface area is 137 Å². The molecule has 3 aromatic heterocycles. The summed E-state index contributed by atoms with van der Waals surface area (Å²) in [6, 6.07) is 5.20. The number of aromatic nitrogens is 6. The van der Waals surface area contributed by atoms with E-state index in [-0.39, 0.29) is 24.6 Å². The monoisotopic (exact) mass is 353 g/mol. The molecule has 0 aliphatic carbocycles. The van der Waals surface area contributed by atoms with Crippen molar-refractivity contribution in [3.8, 4) is 11.5 Å². The summed E-state index contributed by atoms with van der Waals surface area (Å²) in [4.78, 5) is 23.0. The van der Waals surface area contributed by atoms with Gasteiger partial charge in [-0.25, -0.2) is 0 Å². The molecule has 25 heavy (non-hydrogen) atoms. The van der Waals surface area contributed by atoms with Crippen LogP contribution in [0.2, 0.25) is 0 Å². The highest BCUT2D eigenvalue weighted by Gasteiger charge is 2.35. The fourth-order valence-electron chi connectivity index (χ4n) is 1.81. The molecular weight excluding hydrogens is 343 g/mol. The van der Waals surface area contributed by atoms with Crippen LogP contribution < -0.4 is 5.32 Å². The third-order valence-electron chi connectivity index (χ3n) is 2.93. The van der Waals surface area contributed by atoms with Crippen LogP contribution in [0, 0.1) is 0 Å². The van der Waals surface area contributed by atoms with E-state index < -0.39 is 23.9 Å². The average molecular weight is 353 g/mol. The molecule has 1 amide bonds. The largest absolute Gasteiger partial charge is 0.451 e. The van der Waals surface area contributed by atoms with Gasteiger partial charge in [-0.15, -0.1) is 5.10 Å². The van der Waals surface area contributed by atoms with E-state index in [2.05, 4.69) is 30.5 Å². The molecule has 0 saturated carbocycles. The Hall–Kier alpha value is -3.31. The SMILES string of the molecule is O=C(CCc1nc(-c2ccccn2)no1)Nc1n[nH]c(C(F)(F)F)n1. The normalized spacial score (nSPS) is 11.5. The highest BCUT2D eigenvalue weighted by atomic mass is 19.4. The zero-order valence-corrected chi connectivity index (χ0v) is 12.4. The number of H-pyrrole nitrogens is 1. The maximum atomic E-state index is 12.4. The lowest BCUT2D eigenvalue weighted by molar-refractivity contribution is -0.144. The molecule has 0 bridgehead atoms. The Morgan fingerprint density at radius 1 is 1.28 bits per heavy atom. The minimum Gasteiger partial charge on any atom is -0.339 e. The number of hydrogen-bond donors (Lipinski definition) is 2. The maximum Gasteiger partial charge on any atom is 0.451 e. The van der Waals surface area contributed by atoms with Gasteiger partial charge in [-0.3, -0.25) is 20.2 Å². The van der Waals surface area contributed by atoms with Crippen molar-refractivity contribution in [2.75, 3.05) is 5.32 Å². The molecular formula is C13H10F3N7O2. The number of nitrogens with zero attached hydrogens (tertiary/aromatic N) is 5. The van der Waals surface area contributed by atoms with Crippen molar-refractivity contribution in [3.63, 3.8) is 0 Å². The molecule has 130 valence electrons. The van der Waals surface area contributed by atoms with Crippen molar-refractivity contribution in [2.24, 2.45) is 0 Å². The van der Waals surface area contributed by atoms with Crippen molar-refractivity contribution in [1.29, 1.82) is 0 Å². The summed E-state index contributed by atoms with van der Waals surface area (Å²) in [5.41, 5.74) is 0.516. The molecule has 0 fully saturated rings. The number of amides is 1. The molecule has 0 spiro atoms. The molecule has 2 N–H and O–H groups in total. The van der Waals surface area contributed by atoms with E-state index in [9.17, 15) is 18.0 Å². The first-order valence-electron chi connectivity index (χ1n) is 6.95. The van der Waals surface area contributed by atoms with Crippen LogP contribution in [0.3, 0.4) is 0 Å². The minimum absolute atomic E-state index is 0.0975. The second-order valence-electron chi connectivity index (χ2n) is 4.78. The van der Waals surface area contributed by atoms with Gasteiger partial charge in [0.2, 0.25) is 29.4 Å². The van der Waals surface area contributed by atoms with Crippen LogP contribution in [0.1, 0.15) is 18.1 Å². The van der Waals surface area contributed by atoms with E-state index in [1.165, 1.54) is 0 Å². The third kappa shape index (κ3) is 4.16. The molecule has 3 heterocycles. The van der Waals surface area contributed by atoms with Crippen LogP contribution in [0.5, 0.6) is 0 Å². The molecule has 0 aliphatic rings. The number of aromatic amines is 1. The van der Waals surface area contributed by atoms with Gasteiger partial charge in [-0.1, -0.05) is 11.2 Å².